The van der Waals surface area contributed by atoms with Gasteiger partial charge in [0.1, 0.15) is 0 Å². The molecule has 6 nitrogen and oxygen atoms in total. The molecule has 1 amide bonds. The monoisotopic (exact) mass is 396 g/mol. The lowest BCUT2D eigenvalue weighted by Crippen LogP contribution is -2.64. The van der Waals surface area contributed by atoms with Crippen LogP contribution in [0.5, 0.6) is 0 Å². The van der Waals surface area contributed by atoms with E-state index in [2.05, 4.69) is 14.9 Å². The molecule has 4 saturated carbocycles. The van der Waals surface area contributed by atoms with Crippen LogP contribution in [0.15, 0.2) is 18.5 Å². The average Bonchev–Trinajstić information content (AvgIpc) is 2.74. The molecule has 0 aromatic carbocycles. The van der Waals surface area contributed by atoms with E-state index >= 15 is 0 Å². The molecule has 1 aromatic heterocycles. The van der Waals surface area contributed by atoms with Crippen LogP contribution >= 0.6 is 0 Å². The van der Waals surface area contributed by atoms with Crippen LogP contribution in [0.1, 0.15) is 55.6 Å². The molecule has 156 valence electrons. The lowest BCUT2D eigenvalue weighted by Gasteiger charge is -2.59. The number of hydrogen-bond acceptors (Lipinski definition) is 5. The van der Waals surface area contributed by atoms with Gasteiger partial charge in [0.15, 0.2) is 0 Å². The number of amides is 1. The number of carbonyl (C=O) groups excluding carboxylic acids is 1. The number of aromatic nitrogens is 2. The Labute approximate surface area is 173 Å². The fraction of sp³-hybridized carbons (Fsp3) is 0.783. The second-order valence-corrected chi connectivity index (χ2v) is 10.3. The highest BCUT2D eigenvalue weighted by atomic mass is 16.5. The zero-order valence-electron chi connectivity index (χ0n) is 17.2. The number of ether oxygens (including phenoxy) is 1. The highest BCUT2D eigenvalue weighted by molar-refractivity contribution is 5.90. The minimum absolute atomic E-state index is 0.0471. The van der Waals surface area contributed by atoms with Crippen molar-refractivity contribution >= 4 is 5.91 Å². The summed E-state index contributed by atoms with van der Waals surface area (Å²) >= 11 is 0. The number of carbonyl (C=O) groups is 1. The average molecular weight is 397 g/mol. The molecular weight excluding hydrogens is 364 g/mol. The molecule has 2 saturated heterocycles. The van der Waals surface area contributed by atoms with Crippen molar-refractivity contribution in [2.24, 2.45) is 23.7 Å². The Morgan fingerprint density at radius 3 is 2.28 bits per heavy atom. The van der Waals surface area contributed by atoms with Crippen molar-refractivity contribution in [3.8, 4) is 0 Å². The van der Waals surface area contributed by atoms with E-state index in [-0.39, 0.29) is 11.5 Å². The van der Waals surface area contributed by atoms with Crippen molar-refractivity contribution in [1.29, 1.82) is 0 Å². The van der Waals surface area contributed by atoms with Gasteiger partial charge < -0.3 is 9.64 Å². The van der Waals surface area contributed by atoms with Gasteiger partial charge in [-0.1, -0.05) is 0 Å². The van der Waals surface area contributed by atoms with Gasteiger partial charge in [0, 0.05) is 44.6 Å². The fourth-order valence-corrected chi connectivity index (χ4v) is 7.59. The number of nitrogens with zero attached hydrogens (tertiary/aromatic N) is 4. The Bertz CT molecular complexity index is 733. The van der Waals surface area contributed by atoms with Gasteiger partial charge in [-0.05, 0) is 74.7 Å². The van der Waals surface area contributed by atoms with E-state index in [1.54, 1.807) is 18.5 Å². The Balaban J connectivity index is 1.12. The van der Waals surface area contributed by atoms with Gasteiger partial charge in [0.25, 0.3) is 5.91 Å². The van der Waals surface area contributed by atoms with Gasteiger partial charge in [0.2, 0.25) is 5.82 Å². The third kappa shape index (κ3) is 3.19. The molecule has 2 aliphatic heterocycles. The molecule has 0 radical (unpaired) electrons. The minimum Gasteiger partial charge on any atom is -0.372 e. The van der Waals surface area contributed by atoms with Crippen molar-refractivity contribution in [2.75, 3.05) is 32.8 Å². The van der Waals surface area contributed by atoms with E-state index in [0.717, 1.165) is 75.3 Å². The zero-order valence-corrected chi connectivity index (χ0v) is 17.2. The van der Waals surface area contributed by atoms with Crippen LogP contribution in [0.3, 0.4) is 0 Å². The first-order valence-corrected chi connectivity index (χ1v) is 11.6. The summed E-state index contributed by atoms with van der Waals surface area (Å²) < 4.78 is 6.40. The van der Waals surface area contributed by atoms with Crippen LogP contribution in [0, 0.1) is 23.7 Å². The lowest BCUT2D eigenvalue weighted by molar-refractivity contribution is -0.166. The maximum atomic E-state index is 12.7. The SMILES string of the molecule is O=C(c1ncccn1)N1CCC2(CC1)CN(C1C3CC4CC(C3)CC1C4)CCO2. The molecule has 6 aliphatic rings. The molecule has 7 rings (SSSR count). The standard InChI is InChI=1S/C23H32N4O2/c28-22(21-24-4-1-5-25-21)26-6-2-23(3-7-26)15-27(8-9-29-23)20-18-11-16-10-17(13-18)14-19(20)12-16/h1,4-5,16-20H,2-3,6-15H2. The maximum absolute atomic E-state index is 12.7. The van der Waals surface area contributed by atoms with Crippen LogP contribution in [-0.4, -0.2) is 70.1 Å². The molecule has 3 heterocycles. The predicted octanol–water partition coefficient (Wildman–Crippen LogP) is 2.61. The van der Waals surface area contributed by atoms with E-state index in [0.29, 0.717) is 5.82 Å². The highest BCUT2D eigenvalue weighted by Gasteiger charge is 2.52. The number of piperidine rings is 1. The Morgan fingerprint density at radius 2 is 1.62 bits per heavy atom. The third-order valence-electron chi connectivity index (χ3n) is 8.60. The van der Waals surface area contributed by atoms with Crippen molar-refractivity contribution < 1.29 is 9.53 Å². The van der Waals surface area contributed by atoms with E-state index in [1.807, 2.05) is 4.90 Å². The van der Waals surface area contributed by atoms with Crippen molar-refractivity contribution in [2.45, 2.75) is 56.6 Å². The van der Waals surface area contributed by atoms with Gasteiger partial charge in [-0.15, -0.1) is 0 Å². The van der Waals surface area contributed by atoms with Crippen molar-refractivity contribution in [1.82, 2.24) is 19.8 Å². The molecule has 0 atom stereocenters. The Morgan fingerprint density at radius 1 is 0.966 bits per heavy atom. The van der Waals surface area contributed by atoms with Crippen LogP contribution in [0.25, 0.3) is 0 Å². The highest BCUT2D eigenvalue weighted by Crippen LogP contribution is 2.55. The summed E-state index contributed by atoms with van der Waals surface area (Å²) in [5.74, 6) is 4.17. The Kier molecular flexibility index (Phi) is 4.42. The summed E-state index contributed by atoms with van der Waals surface area (Å²) in [6.07, 6.45) is 12.5. The predicted molar refractivity (Wildman–Crippen MR) is 108 cm³/mol. The second kappa shape index (κ2) is 7.02. The first-order valence-electron chi connectivity index (χ1n) is 11.6. The van der Waals surface area contributed by atoms with E-state index in [9.17, 15) is 4.79 Å². The topological polar surface area (TPSA) is 58.6 Å². The molecule has 6 fully saturated rings. The minimum atomic E-state index is -0.0682. The van der Waals surface area contributed by atoms with Crippen molar-refractivity contribution in [3.63, 3.8) is 0 Å². The van der Waals surface area contributed by atoms with Gasteiger partial charge in [0.05, 0.1) is 12.2 Å². The van der Waals surface area contributed by atoms with E-state index < -0.39 is 0 Å². The van der Waals surface area contributed by atoms with Gasteiger partial charge in [-0.25, -0.2) is 9.97 Å². The number of rotatable bonds is 2. The second-order valence-electron chi connectivity index (χ2n) is 10.3. The fourth-order valence-electron chi connectivity index (χ4n) is 7.59. The molecule has 1 spiro atoms. The van der Waals surface area contributed by atoms with E-state index in [4.69, 9.17) is 4.74 Å². The lowest BCUT2D eigenvalue weighted by atomic mass is 9.53. The Hall–Kier alpha value is -1.53. The smallest absolute Gasteiger partial charge is 0.291 e. The number of morpholine rings is 1. The van der Waals surface area contributed by atoms with E-state index in [1.165, 1.54) is 32.1 Å². The normalized spacial score (nSPS) is 38.5. The van der Waals surface area contributed by atoms with Crippen LogP contribution in [0.2, 0.25) is 0 Å². The molecule has 0 N–H and O–H groups in total. The molecule has 0 unspecified atom stereocenters. The molecule has 1 aromatic rings. The third-order valence-corrected chi connectivity index (χ3v) is 8.60. The summed E-state index contributed by atoms with van der Waals surface area (Å²) in [7, 11) is 0. The summed E-state index contributed by atoms with van der Waals surface area (Å²) in [6, 6.07) is 2.54. The molecule has 4 bridgehead atoms. The first kappa shape index (κ1) is 18.3. The van der Waals surface area contributed by atoms with Gasteiger partial charge in [-0.3, -0.25) is 9.69 Å². The maximum Gasteiger partial charge on any atom is 0.291 e. The zero-order chi connectivity index (χ0) is 19.4. The van der Waals surface area contributed by atoms with Gasteiger partial charge >= 0.3 is 0 Å². The molecule has 4 aliphatic carbocycles. The summed E-state index contributed by atoms with van der Waals surface area (Å²) in [6.45, 7) is 4.48. The molecule has 6 heteroatoms. The first-order chi connectivity index (χ1) is 14.2. The van der Waals surface area contributed by atoms with Crippen molar-refractivity contribution in [3.05, 3.63) is 24.3 Å². The summed E-state index contributed by atoms with van der Waals surface area (Å²) in [4.78, 5) is 25.7. The molecule has 29 heavy (non-hydrogen) atoms. The molecular formula is C23H32N4O2. The van der Waals surface area contributed by atoms with Crippen LogP contribution < -0.4 is 0 Å². The number of likely N-dealkylation sites (tertiary alicyclic amines) is 1. The number of hydrogen-bond donors (Lipinski definition) is 0. The van der Waals surface area contributed by atoms with Gasteiger partial charge in [-0.2, -0.15) is 0 Å². The summed E-state index contributed by atoms with van der Waals surface area (Å²) in [5, 5.41) is 0. The summed E-state index contributed by atoms with van der Waals surface area (Å²) in [5.41, 5.74) is -0.0682. The quantitative estimate of drug-likeness (QED) is 0.769. The van der Waals surface area contributed by atoms with Crippen LogP contribution in [0.4, 0.5) is 0 Å². The largest absolute Gasteiger partial charge is 0.372 e. The van der Waals surface area contributed by atoms with Crippen LogP contribution in [-0.2, 0) is 4.74 Å².